The standard InChI is InChI=1S/C23H35N7O2/c1-17-27-28-22(29(17)2)16-24-23(25-18-8-11-30(12-9-18)13-15-31-3)26-20-10-14-32-21-7-5-4-6-19(20)21/h4-7,18,20H,8-16H2,1-3H3,(H2,24,25,26). The van der Waals surface area contributed by atoms with E-state index in [-0.39, 0.29) is 6.04 Å². The molecule has 1 aromatic carbocycles. The van der Waals surface area contributed by atoms with E-state index >= 15 is 0 Å². The van der Waals surface area contributed by atoms with Crippen LogP contribution in [0.5, 0.6) is 5.75 Å². The van der Waals surface area contributed by atoms with E-state index < -0.39 is 0 Å². The van der Waals surface area contributed by atoms with Gasteiger partial charge in [-0.25, -0.2) is 4.99 Å². The number of fused-ring (bicyclic) bond motifs is 1. The van der Waals surface area contributed by atoms with E-state index in [9.17, 15) is 0 Å². The lowest BCUT2D eigenvalue weighted by Crippen LogP contribution is -2.50. The molecule has 2 aromatic rings. The fourth-order valence-electron chi connectivity index (χ4n) is 4.24. The Kier molecular flexibility index (Phi) is 7.59. The Labute approximate surface area is 190 Å². The Morgan fingerprint density at radius 1 is 1.19 bits per heavy atom. The average molecular weight is 442 g/mol. The lowest BCUT2D eigenvalue weighted by molar-refractivity contribution is 0.128. The molecule has 3 heterocycles. The zero-order valence-corrected chi connectivity index (χ0v) is 19.4. The fourth-order valence-corrected chi connectivity index (χ4v) is 4.24. The number of guanidine groups is 1. The molecule has 0 radical (unpaired) electrons. The van der Waals surface area contributed by atoms with E-state index in [1.54, 1.807) is 7.11 Å². The highest BCUT2D eigenvalue weighted by molar-refractivity contribution is 5.80. The predicted octanol–water partition coefficient (Wildman–Crippen LogP) is 1.79. The maximum Gasteiger partial charge on any atom is 0.192 e. The van der Waals surface area contributed by atoms with Gasteiger partial charge in [0.2, 0.25) is 0 Å². The second-order valence-electron chi connectivity index (χ2n) is 8.51. The number of methoxy groups -OCH3 is 1. The number of aryl methyl sites for hydroxylation is 1. The van der Waals surface area contributed by atoms with Crippen LogP contribution in [0.25, 0.3) is 0 Å². The normalized spacial score (nSPS) is 20.0. The van der Waals surface area contributed by atoms with Gasteiger partial charge in [-0.1, -0.05) is 18.2 Å². The first kappa shape index (κ1) is 22.5. The smallest absolute Gasteiger partial charge is 0.192 e. The number of likely N-dealkylation sites (tertiary alicyclic amines) is 1. The SMILES string of the molecule is COCCN1CCC(NC(=NCc2nnc(C)n2C)NC2CCOc3ccccc32)CC1. The van der Waals surface area contributed by atoms with E-state index in [0.717, 1.165) is 68.9 Å². The number of piperidine rings is 1. The number of hydrogen-bond acceptors (Lipinski definition) is 6. The van der Waals surface area contributed by atoms with Gasteiger partial charge in [0.05, 0.1) is 19.3 Å². The van der Waals surface area contributed by atoms with Crippen LogP contribution in [0.3, 0.4) is 0 Å². The Morgan fingerprint density at radius 3 is 2.75 bits per heavy atom. The molecular weight excluding hydrogens is 406 g/mol. The van der Waals surface area contributed by atoms with Crippen LogP contribution in [0.4, 0.5) is 0 Å². The first-order chi connectivity index (χ1) is 15.6. The van der Waals surface area contributed by atoms with Crippen molar-refractivity contribution >= 4 is 5.96 Å². The highest BCUT2D eigenvalue weighted by Crippen LogP contribution is 2.31. The second-order valence-corrected chi connectivity index (χ2v) is 8.51. The minimum absolute atomic E-state index is 0.161. The molecule has 0 saturated carbocycles. The summed E-state index contributed by atoms with van der Waals surface area (Å²) in [5.41, 5.74) is 1.18. The molecule has 4 rings (SSSR count). The number of nitrogens with zero attached hydrogens (tertiary/aromatic N) is 5. The molecule has 2 N–H and O–H groups in total. The summed E-state index contributed by atoms with van der Waals surface area (Å²) in [4.78, 5) is 7.36. The number of rotatable bonds is 7. The maximum atomic E-state index is 5.84. The number of aliphatic imine (C=N–C) groups is 1. The topological polar surface area (TPSA) is 88.8 Å². The summed E-state index contributed by atoms with van der Waals surface area (Å²) in [5.74, 6) is 3.51. The van der Waals surface area contributed by atoms with Crippen molar-refractivity contribution in [1.82, 2.24) is 30.3 Å². The van der Waals surface area contributed by atoms with Gasteiger partial charge in [-0.3, -0.25) is 0 Å². The molecule has 0 amide bonds. The van der Waals surface area contributed by atoms with Crippen LogP contribution in [-0.2, 0) is 18.3 Å². The highest BCUT2D eigenvalue weighted by Gasteiger charge is 2.24. The molecule has 32 heavy (non-hydrogen) atoms. The third-order valence-corrected chi connectivity index (χ3v) is 6.37. The molecule has 2 aliphatic heterocycles. The summed E-state index contributed by atoms with van der Waals surface area (Å²) in [6, 6.07) is 8.79. The quantitative estimate of drug-likeness (QED) is 0.500. The van der Waals surface area contributed by atoms with Gasteiger partial charge in [0.25, 0.3) is 0 Å². The average Bonchev–Trinajstić information content (AvgIpc) is 3.14. The predicted molar refractivity (Wildman–Crippen MR) is 124 cm³/mol. The number of para-hydroxylation sites is 1. The number of hydrogen-bond donors (Lipinski definition) is 2. The van der Waals surface area contributed by atoms with Gasteiger partial charge in [0.15, 0.2) is 11.8 Å². The van der Waals surface area contributed by atoms with Crippen molar-refractivity contribution in [3.05, 3.63) is 41.5 Å². The summed E-state index contributed by atoms with van der Waals surface area (Å²) in [6.45, 7) is 7.04. The number of aromatic nitrogens is 3. The summed E-state index contributed by atoms with van der Waals surface area (Å²) in [7, 11) is 3.74. The maximum absolute atomic E-state index is 5.84. The largest absolute Gasteiger partial charge is 0.493 e. The summed E-state index contributed by atoms with van der Waals surface area (Å²) >= 11 is 0. The monoisotopic (exact) mass is 441 g/mol. The Bertz CT molecular complexity index is 905. The zero-order valence-electron chi connectivity index (χ0n) is 19.4. The molecule has 174 valence electrons. The van der Waals surface area contributed by atoms with Crippen molar-refractivity contribution in [2.45, 2.75) is 44.8 Å². The van der Waals surface area contributed by atoms with E-state index in [1.165, 1.54) is 5.56 Å². The number of ether oxygens (including phenoxy) is 2. The Hall–Kier alpha value is -2.65. The third-order valence-electron chi connectivity index (χ3n) is 6.37. The molecule has 0 bridgehead atoms. The van der Waals surface area contributed by atoms with Gasteiger partial charge in [-0.2, -0.15) is 0 Å². The molecule has 9 nitrogen and oxygen atoms in total. The molecule has 2 aliphatic rings. The molecule has 1 fully saturated rings. The van der Waals surface area contributed by atoms with Crippen LogP contribution < -0.4 is 15.4 Å². The summed E-state index contributed by atoms with van der Waals surface area (Å²) < 4.78 is 13.0. The van der Waals surface area contributed by atoms with Crippen LogP contribution in [0, 0.1) is 6.92 Å². The van der Waals surface area contributed by atoms with Gasteiger partial charge >= 0.3 is 0 Å². The van der Waals surface area contributed by atoms with Crippen LogP contribution in [0.2, 0.25) is 0 Å². The molecular formula is C23H35N7O2. The van der Waals surface area contributed by atoms with Gasteiger partial charge in [-0.15, -0.1) is 10.2 Å². The van der Waals surface area contributed by atoms with Gasteiger partial charge in [-0.05, 0) is 25.8 Å². The molecule has 0 spiro atoms. The first-order valence-electron chi connectivity index (χ1n) is 11.5. The van der Waals surface area contributed by atoms with E-state index in [4.69, 9.17) is 14.5 Å². The second kappa shape index (κ2) is 10.8. The minimum Gasteiger partial charge on any atom is -0.493 e. The van der Waals surface area contributed by atoms with Crippen LogP contribution in [-0.4, -0.2) is 71.6 Å². The summed E-state index contributed by atoms with van der Waals surface area (Å²) in [6.07, 6.45) is 3.06. The van der Waals surface area contributed by atoms with Crippen molar-refractivity contribution in [3.8, 4) is 5.75 Å². The third kappa shape index (κ3) is 5.58. The van der Waals surface area contributed by atoms with Crippen LogP contribution in [0.15, 0.2) is 29.3 Å². The van der Waals surface area contributed by atoms with Gasteiger partial charge in [0, 0.05) is 51.8 Å². The lowest BCUT2D eigenvalue weighted by Gasteiger charge is -2.34. The van der Waals surface area contributed by atoms with Crippen molar-refractivity contribution in [1.29, 1.82) is 0 Å². The lowest BCUT2D eigenvalue weighted by atomic mass is 10.0. The molecule has 1 aromatic heterocycles. The van der Waals surface area contributed by atoms with Crippen LogP contribution in [0.1, 0.15) is 42.5 Å². The molecule has 1 atom stereocenters. The molecule has 9 heteroatoms. The van der Waals surface area contributed by atoms with Crippen molar-refractivity contribution in [2.24, 2.45) is 12.0 Å². The highest BCUT2D eigenvalue weighted by atomic mass is 16.5. The summed E-state index contributed by atoms with van der Waals surface area (Å²) in [5, 5.41) is 15.8. The van der Waals surface area contributed by atoms with Gasteiger partial charge in [0.1, 0.15) is 18.1 Å². The van der Waals surface area contributed by atoms with Crippen molar-refractivity contribution in [2.75, 3.05) is 40.0 Å². The van der Waals surface area contributed by atoms with E-state index in [1.807, 2.05) is 30.7 Å². The molecule has 1 saturated heterocycles. The first-order valence-corrected chi connectivity index (χ1v) is 11.5. The number of benzene rings is 1. The Balaban J connectivity index is 1.45. The Morgan fingerprint density at radius 2 is 2.00 bits per heavy atom. The minimum atomic E-state index is 0.161. The fraction of sp³-hybridized carbons (Fsp3) is 0.609. The van der Waals surface area contributed by atoms with Gasteiger partial charge < -0.3 is 29.6 Å². The van der Waals surface area contributed by atoms with Crippen molar-refractivity contribution in [3.63, 3.8) is 0 Å². The number of nitrogens with one attached hydrogen (secondary N) is 2. The molecule has 0 aliphatic carbocycles. The molecule has 1 unspecified atom stereocenters. The van der Waals surface area contributed by atoms with E-state index in [2.05, 4.69) is 37.9 Å². The zero-order chi connectivity index (χ0) is 22.3. The van der Waals surface area contributed by atoms with Crippen molar-refractivity contribution < 1.29 is 9.47 Å². The van der Waals surface area contributed by atoms with E-state index in [0.29, 0.717) is 19.2 Å². The van der Waals surface area contributed by atoms with Crippen LogP contribution >= 0.6 is 0 Å².